The molecule has 3 aromatic rings. The number of fused-ring (bicyclic) bond motifs is 2. The number of hydrogen-bond acceptors (Lipinski definition) is 5. The van der Waals surface area contributed by atoms with Gasteiger partial charge in [0, 0.05) is 37.1 Å². The quantitative estimate of drug-likeness (QED) is 0.757. The molecule has 144 valence electrons. The molecule has 2 aliphatic heterocycles. The monoisotopic (exact) mass is 376 g/mol. The Hall–Kier alpha value is -2.63. The van der Waals surface area contributed by atoms with Crippen LogP contribution in [0.2, 0.25) is 0 Å². The van der Waals surface area contributed by atoms with Gasteiger partial charge >= 0.3 is 0 Å². The number of β-amino-alcohol motifs (C(OH)–C–C–N with tert-alkyl or cyclic N) is 1. The Morgan fingerprint density at radius 3 is 2.79 bits per heavy atom. The van der Waals surface area contributed by atoms with E-state index in [0.717, 1.165) is 36.5 Å². The van der Waals surface area contributed by atoms with Crippen LogP contribution in [0.3, 0.4) is 0 Å². The summed E-state index contributed by atoms with van der Waals surface area (Å²) in [5.74, 6) is 1.87. The van der Waals surface area contributed by atoms with Crippen LogP contribution >= 0.6 is 0 Å². The van der Waals surface area contributed by atoms with E-state index in [-0.39, 0.29) is 12.0 Å². The number of aliphatic hydroxyl groups is 1. The van der Waals surface area contributed by atoms with Crippen molar-refractivity contribution >= 4 is 10.9 Å². The van der Waals surface area contributed by atoms with Crippen molar-refractivity contribution in [3.05, 3.63) is 65.4 Å². The summed E-state index contributed by atoms with van der Waals surface area (Å²) in [6.45, 7) is 4.79. The van der Waals surface area contributed by atoms with Gasteiger partial charge in [0.15, 0.2) is 11.5 Å². The van der Waals surface area contributed by atoms with E-state index in [4.69, 9.17) is 9.47 Å². The van der Waals surface area contributed by atoms with Gasteiger partial charge in [-0.05, 0) is 54.3 Å². The predicted octanol–water partition coefficient (Wildman–Crippen LogP) is 3.31. The number of rotatable bonds is 4. The average molecular weight is 376 g/mol. The lowest BCUT2D eigenvalue weighted by molar-refractivity contribution is 0.141. The van der Waals surface area contributed by atoms with Gasteiger partial charge in [0.25, 0.3) is 0 Å². The molecule has 5 nitrogen and oxygen atoms in total. The van der Waals surface area contributed by atoms with Gasteiger partial charge in [0.1, 0.15) is 0 Å². The van der Waals surface area contributed by atoms with Crippen molar-refractivity contribution in [3.63, 3.8) is 0 Å². The zero-order chi connectivity index (χ0) is 19.1. The van der Waals surface area contributed by atoms with Crippen LogP contribution < -0.4 is 9.47 Å². The smallest absolute Gasteiger partial charge is 0.231 e. The third-order valence-corrected chi connectivity index (χ3v) is 5.93. The van der Waals surface area contributed by atoms with Crippen molar-refractivity contribution in [2.24, 2.45) is 5.92 Å². The van der Waals surface area contributed by atoms with E-state index < -0.39 is 0 Å². The molecule has 3 heterocycles. The molecule has 0 amide bonds. The number of pyridine rings is 1. The molecule has 1 N–H and O–H groups in total. The first-order valence-corrected chi connectivity index (χ1v) is 9.79. The predicted molar refractivity (Wildman–Crippen MR) is 108 cm³/mol. The van der Waals surface area contributed by atoms with Crippen LogP contribution in [-0.2, 0) is 13.0 Å². The van der Waals surface area contributed by atoms with Crippen LogP contribution in [-0.4, -0.2) is 41.0 Å². The minimum Gasteiger partial charge on any atom is -0.454 e. The van der Waals surface area contributed by atoms with E-state index >= 15 is 0 Å². The van der Waals surface area contributed by atoms with Gasteiger partial charge in [0.2, 0.25) is 6.79 Å². The van der Waals surface area contributed by atoms with E-state index in [2.05, 4.69) is 35.0 Å². The zero-order valence-corrected chi connectivity index (χ0v) is 16.0. The molecule has 0 spiro atoms. The highest BCUT2D eigenvalue weighted by atomic mass is 16.7. The minimum atomic E-state index is -0.318. The molecule has 2 aromatic carbocycles. The van der Waals surface area contributed by atoms with Gasteiger partial charge in [-0.25, -0.2) is 0 Å². The number of likely N-dealkylation sites (tertiary alicyclic amines) is 1. The van der Waals surface area contributed by atoms with E-state index in [1.54, 1.807) is 0 Å². The highest BCUT2D eigenvalue weighted by Gasteiger charge is 2.32. The van der Waals surface area contributed by atoms with Crippen LogP contribution in [0.4, 0.5) is 0 Å². The molecule has 2 atom stereocenters. The molecule has 0 radical (unpaired) electrons. The number of aliphatic hydroxyl groups excluding tert-OH is 1. The Labute approximate surface area is 164 Å². The van der Waals surface area contributed by atoms with Gasteiger partial charge in [0.05, 0.1) is 11.6 Å². The van der Waals surface area contributed by atoms with Gasteiger partial charge in [-0.2, -0.15) is 0 Å². The van der Waals surface area contributed by atoms with E-state index in [1.807, 2.05) is 30.5 Å². The average Bonchev–Trinajstić information content (AvgIpc) is 3.28. The molecule has 28 heavy (non-hydrogen) atoms. The summed E-state index contributed by atoms with van der Waals surface area (Å²) in [6.07, 6.45) is 2.41. The maximum Gasteiger partial charge on any atom is 0.231 e. The molecule has 0 unspecified atom stereocenters. The molecule has 0 saturated carbocycles. The number of ether oxygens (including phenoxy) is 2. The molecule has 1 saturated heterocycles. The highest BCUT2D eigenvalue weighted by Crippen LogP contribution is 2.35. The fourth-order valence-electron chi connectivity index (χ4n) is 4.38. The second kappa shape index (κ2) is 7.08. The van der Waals surface area contributed by atoms with Crippen LogP contribution in [0, 0.1) is 12.8 Å². The Kier molecular flexibility index (Phi) is 4.41. The largest absolute Gasteiger partial charge is 0.454 e. The third kappa shape index (κ3) is 3.21. The maximum atomic E-state index is 10.7. The lowest BCUT2D eigenvalue weighted by atomic mass is 9.94. The molecule has 1 aromatic heterocycles. The molecule has 5 rings (SSSR count). The first-order valence-electron chi connectivity index (χ1n) is 9.79. The Morgan fingerprint density at radius 1 is 1.07 bits per heavy atom. The van der Waals surface area contributed by atoms with Crippen molar-refractivity contribution in [1.82, 2.24) is 9.88 Å². The Bertz CT molecular complexity index is 1010. The summed E-state index contributed by atoms with van der Waals surface area (Å²) in [5.41, 5.74) is 4.70. The second-order valence-corrected chi connectivity index (χ2v) is 7.84. The Morgan fingerprint density at radius 2 is 1.89 bits per heavy atom. The van der Waals surface area contributed by atoms with Crippen molar-refractivity contribution in [2.45, 2.75) is 26.0 Å². The first kappa shape index (κ1) is 17.5. The van der Waals surface area contributed by atoms with E-state index in [1.165, 1.54) is 22.1 Å². The number of benzene rings is 2. The van der Waals surface area contributed by atoms with Crippen LogP contribution in [0.1, 0.15) is 16.7 Å². The number of aryl methyl sites for hydroxylation is 1. The third-order valence-electron chi connectivity index (χ3n) is 5.93. The molecule has 0 aliphatic carbocycles. The van der Waals surface area contributed by atoms with Crippen molar-refractivity contribution in [3.8, 4) is 11.5 Å². The molecule has 5 heteroatoms. The summed E-state index contributed by atoms with van der Waals surface area (Å²) in [7, 11) is 0. The van der Waals surface area contributed by atoms with E-state index in [9.17, 15) is 5.11 Å². The molecular weight excluding hydrogens is 352 g/mol. The van der Waals surface area contributed by atoms with Crippen LogP contribution in [0.15, 0.2) is 48.7 Å². The highest BCUT2D eigenvalue weighted by molar-refractivity contribution is 5.81. The lowest BCUT2D eigenvalue weighted by Crippen LogP contribution is -2.21. The summed E-state index contributed by atoms with van der Waals surface area (Å²) in [4.78, 5) is 6.79. The number of hydrogen-bond donors (Lipinski definition) is 1. The molecule has 0 bridgehead atoms. The molecular formula is C23H24N2O3. The van der Waals surface area contributed by atoms with Gasteiger partial charge in [-0.1, -0.05) is 18.2 Å². The summed E-state index contributed by atoms with van der Waals surface area (Å²) < 4.78 is 11.0. The van der Waals surface area contributed by atoms with Crippen LogP contribution in [0.25, 0.3) is 10.9 Å². The lowest BCUT2D eigenvalue weighted by Gasteiger charge is -2.18. The van der Waals surface area contributed by atoms with Crippen molar-refractivity contribution in [2.75, 3.05) is 19.9 Å². The van der Waals surface area contributed by atoms with Gasteiger partial charge in [-0.15, -0.1) is 0 Å². The van der Waals surface area contributed by atoms with E-state index in [0.29, 0.717) is 13.3 Å². The maximum absolute atomic E-state index is 10.7. The van der Waals surface area contributed by atoms with Crippen molar-refractivity contribution in [1.29, 1.82) is 0 Å². The van der Waals surface area contributed by atoms with Crippen molar-refractivity contribution < 1.29 is 14.6 Å². The second-order valence-electron chi connectivity index (χ2n) is 7.84. The van der Waals surface area contributed by atoms with Crippen LogP contribution in [0.5, 0.6) is 11.5 Å². The summed E-state index contributed by atoms with van der Waals surface area (Å²) in [5, 5.41) is 11.9. The SMILES string of the molecule is Cc1cc2c(cc1CN1C[C@@H](Cc3ccnc4ccccc34)[C@@H](O)C1)OCO2. The van der Waals surface area contributed by atoms with Gasteiger partial charge < -0.3 is 14.6 Å². The first-order chi connectivity index (χ1) is 13.7. The fraction of sp³-hybridized carbons (Fsp3) is 0.348. The van der Waals surface area contributed by atoms with Gasteiger partial charge in [-0.3, -0.25) is 9.88 Å². The molecule has 2 aliphatic rings. The fourth-order valence-corrected chi connectivity index (χ4v) is 4.38. The topological polar surface area (TPSA) is 54.8 Å². The summed E-state index contributed by atoms with van der Waals surface area (Å²) >= 11 is 0. The number of nitrogens with zero attached hydrogens (tertiary/aromatic N) is 2. The zero-order valence-electron chi connectivity index (χ0n) is 16.0. The minimum absolute atomic E-state index is 0.222. The Balaban J connectivity index is 1.32. The molecule has 1 fully saturated rings. The number of aromatic nitrogens is 1. The number of para-hydroxylation sites is 1. The summed E-state index contributed by atoms with van der Waals surface area (Å²) in [6, 6.07) is 14.4. The normalized spacial score (nSPS) is 21.5. The standard InChI is InChI=1S/C23H24N2O3/c1-15-8-22-23(28-14-27-22)10-17(15)11-25-12-18(21(26)13-25)9-16-6-7-24-20-5-3-2-4-19(16)20/h2-8,10,18,21,26H,9,11-14H2,1H3/t18-,21+/m1/s1.